The molecular formula is C17H20N2O. The minimum atomic E-state index is 0.0640. The number of aromatic nitrogens is 2. The molecule has 1 aliphatic rings. The number of fused-ring (bicyclic) bond motifs is 1. The first-order chi connectivity index (χ1) is 9.61. The molecular weight excluding hydrogens is 248 g/mol. The highest BCUT2D eigenvalue weighted by Crippen LogP contribution is 2.17. The van der Waals surface area contributed by atoms with E-state index in [1.165, 1.54) is 16.7 Å². The Bertz CT molecular complexity index is 680. The fourth-order valence-corrected chi connectivity index (χ4v) is 3.10. The fraction of sp³-hybridized carbons (Fsp3) is 0.412. The van der Waals surface area contributed by atoms with Crippen LogP contribution in [-0.2, 0) is 19.3 Å². The average molecular weight is 268 g/mol. The molecule has 1 heterocycles. The molecule has 2 aromatic rings. The Balaban J connectivity index is 1.95. The van der Waals surface area contributed by atoms with Gasteiger partial charge in [-0.3, -0.25) is 4.79 Å². The van der Waals surface area contributed by atoms with Crippen molar-refractivity contribution in [3.63, 3.8) is 0 Å². The maximum absolute atomic E-state index is 12.1. The van der Waals surface area contributed by atoms with Gasteiger partial charge >= 0.3 is 0 Å². The molecule has 0 saturated heterocycles. The first-order valence-electron chi connectivity index (χ1n) is 7.30. The van der Waals surface area contributed by atoms with E-state index < -0.39 is 0 Å². The Hall–Kier alpha value is -1.90. The monoisotopic (exact) mass is 268 g/mol. The lowest BCUT2D eigenvalue weighted by Gasteiger charge is -2.14. The van der Waals surface area contributed by atoms with Crippen LogP contribution in [-0.4, -0.2) is 9.97 Å². The van der Waals surface area contributed by atoms with Gasteiger partial charge < -0.3 is 4.98 Å². The van der Waals surface area contributed by atoms with Gasteiger partial charge in [0.25, 0.3) is 5.56 Å². The van der Waals surface area contributed by atoms with Gasteiger partial charge in [0.05, 0.1) is 5.69 Å². The minimum Gasteiger partial charge on any atom is -0.310 e. The molecule has 0 radical (unpaired) electrons. The van der Waals surface area contributed by atoms with Gasteiger partial charge in [0, 0.05) is 12.0 Å². The number of aryl methyl sites for hydroxylation is 3. The SMILES string of the molecule is Cc1cc(C)cc(Cc2nc3c(c(=O)[nH]2)CCCC3)c1. The Labute approximate surface area is 119 Å². The van der Waals surface area contributed by atoms with Crippen LogP contribution in [0.4, 0.5) is 0 Å². The number of nitrogens with zero attached hydrogens (tertiary/aromatic N) is 1. The molecule has 0 atom stereocenters. The van der Waals surface area contributed by atoms with E-state index in [0.29, 0.717) is 6.42 Å². The first-order valence-corrected chi connectivity index (χ1v) is 7.30. The van der Waals surface area contributed by atoms with Gasteiger partial charge in [0.15, 0.2) is 0 Å². The Morgan fingerprint density at radius 1 is 1.10 bits per heavy atom. The van der Waals surface area contributed by atoms with Gasteiger partial charge in [-0.2, -0.15) is 0 Å². The van der Waals surface area contributed by atoms with Crippen LogP contribution < -0.4 is 5.56 Å². The van der Waals surface area contributed by atoms with E-state index in [4.69, 9.17) is 0 Å². The summed E-state index contributed by atoms with van der Waals surface area (Å²) in [5.41, 5.74) is 5.69. The van der Waals surface area contributed by atoms with E-state index in [9.17, 15) is 4.79 Å². The number of aromatic amines is 1. The number of H-pyrrole nitrogens is 1. The summed E-state index contributed by atoms with van der Waals surface area (Å²) in [4.78, 5) is 19.7. The second kappa shape index (κ2) is 5.23. The van der Waals surface area contributed by atoms with Crippen LogP contribution >= 0.6 is 0 Å². The maximum atomic E-state index is 12.1. The topological polar surface area (TPSA) is 45.8 Å². The van der Waals surface area contributed by atoms with Crippen molar-refractivity contribution < 1.29 is 0 Å². The first kappa shape index (κ1) is 13.1. The zero-order valence-electron chi connectivity index (χ0n) is 12.1. The van der Waals surface area contributed by atoms with Crippen molar-refractivity contribution >= 4 is 0 Å². The number of benzene rings is 1. The summed E-state index contributed by atoms with van der Waals surface area (Å²) >= 11 is 0. The summed E-state index contributed by atoms with van der Waals surface area (Å²) in [5.74, 6) is 0.792. The average Bonchev–Trinajstić information content (AvgIpc) is 2.37. The molecule has 0 fully saturated rings. The van der Waals surface area contributed by atoms with Gasteiger partial charge in [0.2, 0.25) is 0 Å². The van der Waals surface area contributed by atoms with Crippen LogP contribution in [0.5, 0.6) is 0 Å². The zero-order valence-corrected chi connectivity index (χ0v) is 12.1. The second-order valence-corrected chi connectivity index (χ2v) is 5.82. The summed E-state index contributed by atoms with van der Waals surface area (Å²) in [6, 6.07) is 6.48. The van der Waals surface area contributed by atoms with E-state index in [1.807, 2.05) is 0 Å². The minimum absolute atomic E-state index is 0.0640. The van der Waals surface area contributed by atoms with E-state index in [1.54, 1.807) is 0 Å². The lowest BCUT2D eigenvalue weighted by atomic mass is 9.97. The molecule has 3 rings (SSSR count). The number of rotatable bonds is 2. The highest BCUT2D eigenvalue weighted by atomic mass is 16.1. The van der Waals surface area contributed by atoms with E-state index in [0.717, 1.165) is 42.8 Å². The molecule has 3 nitrogen and oxygen atoms in total. The standard InChI is InChI=1S/C17H20N2O/c1-11-7-12(2)9-13(8-11)10-16-18-15-6-4-3-5-14(15)17(20)19-16/h7-9H,3-6,10H2,1-2H3,(H,18,19,20). The third-order valence-corrected chi connectivity index (χ3v) is 3.89. The smallest absolute Gasteiger partial charge is 0.254 e. The largest absolute Gasteiger partial charge is 0.310 e. The summed E-state index contributed by atoms with van der Waals surface area (Å²) < 4.78 is 0. The number of nitrogens with one attached hydrogen (secondary N) is 1. The highest BCUT2D eigenvalue weighted by Gasteiger charge is 2.15. The third-order valence-electron chi connectivity index (χ3n) is 3.89. The van der Waals surface area contributed by atoms with Crippen LogP contribution in [0.1, 0.15) is 46.6 Å². The highest BCUT2D eigenvalue weighted by molar-refractivity contribution is 5.31. The van der Waals surface area contributed by atoms with E-state index >= 15 is 0 Å². The van der Waals surface area contributed by atoms with Crippen LogP contribution in [0.25, 0.3) is 0 Å². The van der Waals surface area contributed by atoms with Gasteiger partial charge in [-0.05, 0) is 45.1 Å². The molecule has 0 saturated carbocycles. The second-order valence-electron chi connectivity index (χ2n) is 5.82. The van der Waals surface area contributed by atoms with Gasteiger partial charge in [-0.1, -0.05) is 29.3 Å². The van der Waals surface area contributed by atoms with Crippen LogP contribution in [0, 0.1) is 13.8 Å². The molecule has 3 heteroatoms. The predicted octanol–water partition coefficient (Wildman–Crippen LogP) is 2.86. The van der Waals surface area contributed by atoms with E-state index in [-0.39, 0.29) is 5.56 Å². The summed E-state index contributed by atoms with van der Waals surface area (Å²) in [5, 5.41) is 0. The lowest BCUT2D eigenvalue weighted by Crippen LogP contribution is -2.23. The Morgan fingerprint density at radius 2 is 1.80 bits per heavy atom. The quantitative estimate of drug-likeness (QED) is 0.910. The van der Waals surface area contributed by atoms with Crippen molar-refractivity contribution in [2.24, 2.45) is 0 Å². The van der Waals surface area contributed by atoms with Crippen LogP contribution in [0.15, 0.2) is 23.0 Å². The lowest BCUT2D eigenvalue weighted by molar-refractivity contribution is 0.648. The molecule has 0 aliphatic heterocycles. The predicted molar refractivity (Wildman–Crippen MR) is 80.2 cm³/mol. The molecule has 0 spiro atoms. The summed E-state index contributed by atoms with van der Waals surface area (Å²) in [6.45, 7) is 4.19. The summed E-state index contributed by atoms with van der Waals surface area (Å²) in [6.07, 6.45) is 4.77. The van der Waals surface area contributed by atoms with Crippen molar-refractivity contribution in [3.8, 4) is 0 Å². The molecule has 104 valence electrons. The van der Waals surface area contributed by atoms with Crippen LogP contribution in [0.2, 0.25) is 0 Å². The Morgan fingerprint density at radius 3 is 2.55 bits per heavy atom. The number of hydrogen-bond acceptors (Lipinski definition) is 2. The molecule has 1 N–H and O–H groups in total. The fourth-order valence-electron chi connectivity index (χ4n) is 3.10. The number of hydrogen-bond donors (Lipinski definition) is 1. The van der Waals surface area contributed by atoms with Gasteiger partial charge in [-0.15, -0.1) is 0 Å². The van der Waals surface area contributed by atoms with Crippen molar-refractivity contribution in [1.29, 1.82) is 0 Å². The van der Waals surface area contributed by atoms with Crippen molar-refractivity contribution in [2.45, 2.75) is 46.0 Å². The molecule has 0 bridgehead atoms. The van der Waals surface area contributed by atoms with Crippen LogP contribution in [0.3, 0.4) is 0 Å². The van der Waals surface area contributed by atoms with E-state index in [2.05, 4.69) is 42.0 Å². The molecule has 1 aromatic heterocycles. The zero-order chi connectivity index (χ0) is 14.1. The van der Waals surface area contributed by atoms with Crippen molar-refractivity contribution in [3.05, 3.63) is 62.3 Å². The normalized spacial score (nSPS) is 14.1. The molecule has 0 amide bonds. The van der Waals surface area contributed by atoms with Crippen molar-refractivity contribution in [1.82, 2.24) is 9.97 Å². The molecule has 1 aromatic carbocycles. The molecule has 1 aliphatic carbocycles. The Kier molecular flexibility index (Phi) is 3.43. The molecule has 0 unspecified atom stereocenters. The van der Waals surface area contributed by atoms with Crippen molar-refractivity contribution in [2.75, 3.05) is 0 Å². The van der Waals surface area contributed by atoms with Gasteiger partial charge in [0.1, 0.15) is 5.82 Å². The van der Waals surface area contributed by atoms with Gasteiger partial charge in [-0.25, -0.2) is 4.98 Å². The summed E-state index contributed by atoms with van der Waals surface area (Å²) in [7, 11) is 0. The third kappa shape index (κ3) is 2.67. The molecule has 20 heavy (non-hydrogen) atoms. The maximum Gasteiger partial charge on any atom is 0.254 e.